The van der Waals surface area contributed by atoms with Gasteiger partial charge in [0.15, 0.2) is 0 Å². The molecule has 6 nitrogen and oxygen atoms in total. The van der Waals surface area contributed by atoms with Crippen LogP contribution in [0.2, 0.25) is 0 Å². The van der Waals surface area contributed by atoms with Gasteiger partial charge >= 0.3 is 0 Å². The molecule has 9 heteroatoms. The SMILES string of the molecule is O=C(N[C@@H](Cc1ccccc1)C(=O)Nc1nnc(-c2ccc(Br)cc2)s1)c1ccc(F)cc1. The van der Waals surface area contributed by atoms with Crippen molar-refractivity contribution in [1.82, 2.24) is 15.5 Å². The number of nitrogens with zero attached hydrogens (tertiary/aromatic N) is 2. The Bertz CT molecular complexity index is 1250. The molecule has 0 unspecified atom stereocenters. The lowest BCUT2D eigenvalue weighted by Crippen LogP contribution is -2.45. The molecule has 166 valence electrons. The lowest BCUT2D eigenvalue weighted by Gasteiger charge is -2.18. The number of halogens is 2. The number of rotatable bonds is 7. The smallest absolute Gasteiger partial charge is 0.251 e. The van der Waals surface area contributed by atoms with Gasteiger partial charge in [0.25, 0.3) is 5.91 Å². The van der Waals surface area contributed by atoms with E-state index in [9.17, 15) is 14.0 Å². The van der Waals surface area contributed by atoms with E-state index in [2.05, 4.69) is 36.8 Å². The fourth-order valence-corrected chi connectivity index (χ4v) is 4.09. The van der Waals surface area contributed by atoms with Gasteiger partial charge in [-0.1, -0.05) is 69.7 Å². The molecule has 0 fully saturated rings. The third kappa shape index (κ3) is 6.09. The summed E-state index contributed by atoms with van der Waals surface area (Å²) in [6, 6.07) is 21.2. The third-order valence-electron chi connectivity index (χ3n) is 4.76. The summed E-state index contributed by atoms with van der Waals surface area (Å²) in [5.74, 6) is -1.34. The minimum absolute atomic E-state index is 0.260. The van der Waals surface area contributed by atoms with Crippen LogP contribution in [0.1, 0.15) is 15.9 Å². The number of aromatic nitrogens is 2. The Morgan fingerprint density at radius 1 is 0.939 bits per heavy atom. The maximum atomic E-state index is 13.2. The van der Waals surface area contributed by atoms with Crippen molar-refractivity contribution in [2.75, 3.05) is 5.32 Å². The van der Waals surface area contributed by atoms with E-state index in [1.54, 1.807) is 0 Å². The summed E-state index contributed by atoms with van der Waals surface area (Å²) in [6.07, 6.45) is 0.276. The van der Waals surface area contributed by atoms with Gasteiger partial charge in [-0.05, 0) is 42.0 Å². The summed E-state index contributed by atoms with van der Waals surface area (Å²) in [5, 5.41) is 14.7. The van der Waals surface area contributed by atoms with Crippen LogP contribution in [-0.2, 0) is 11.2 Å². The van der Waals surface area contributed by atoms with Gasteiger partial charge in [-0.2, -0.15) is 0 Å². The zero-order chi connectivity index (χ0) is 23.2. The van der Waals surface area contributed by atoms with E-state index in [0.717, 1.165) is 15.6 Å². The number of carbonyl (C=O) groups is 2. The molecule has 4 aromatic rings. The molecule has 1 atom stereocenters. The molecular weight excluding hydrogens is 507 g/mol. The van der Waals surface area contributed by atoms with E-state index < -0.39 is 23.7 Å². The summed E-state index contributed by atoms with van der Waals surface area (Å²) >= 11 is 4.63. The van der Waals surface area contributed by atoms with E-state index in [1.807, 2.05) is 54.6 Å². The number of nitrogens with one attached hydrogen (secondary N) is 2. The van der Waals surface area contributed by atoms with Crippen LogP contribution in [0, 0.1) is 5.82 Å². The molecule has 0 radical (unpaired) electrons. The normalized spacial score (nSPS) is 11.6. The van der Waals surface area contributed by atoms with Gasteiger partial charge in [0.2, 0.25) is 11.0 Å². The van der Waals surface area contributed by atoms with E-state index in [1.165, 1.54) is 35.6 Å². The highest BCUT2D eigenvalue weighted by molar-refractivity contribution is 9.10. The van der Waals surface area contributed by atoms with Crippen molar-refractivity contribution in [3.63, 3.8) is 0 Å². The molecule has 4 rings (SSSR count). The number of amides is 2. The number of anilines is 1. The van der Waals surface area contributed by atoms with Crippen molar-refractivity contribution in [2.24, 2.45) is 0 Å². The Labute approximate surface area is 202 Å². The van der Waals surface area contributed by atoms with Crippen LogP contribution in [0.3, 0.4) is 0 Å². The van der Waals surface area contributed by atoms with E-state index in [-0.39, 0.29) is 12.0 Å². The lowest BCUT2D eigenvalue weighted by molar-refractivity contribution is -0.118. The predicted octanol–water partition coefficient (Wildman–Crippen LogP) is 5.09. The highest BCUT2D eigenvalue weighted by Crippen LogP contribution is 2.27. The minimum Gasteiger partial charge on any atom is -0.340 e. The van der Waals surface area contributed by atoms with Crippen molar-refractivity contribution < 1.29 is 14.0 Å². The molecule has 0 bridgehead atoms. The first-order valence-electron chi connectivity index (χ1n) is 9.98. The standard InChI is InChI=1S/C24H18BrFN4O2S/c25-18-10-6-17(7-11-18)23-29-30-24(33-23)28-22(32)20(14-15-4-2-1-3-5-15)27-21(31)16-8-12-19(26)13-9-16/h1-13,20H,14H2,(H,27,31)(H,28,30,32)/t20-/m0/s1. The second-order valence-electron chi connectivity index (χ2n) is 7.13. The van der Waals surface area contributed by atoms with Crippen LogP contribution in [-0.4, -0.2) is 28.1 Å². The van der Waals surface area contributed by atoms with Crippen LogP contribution >= 0.6 is 27.3 Å². The van der Waals surface area contributed by atoms with E-state index >= 15 is 0 Å². The number of carbonyl (C=O) groups excluding carboxylic acids is 2. The summed E-state index contributed by atoms with van der Waals surface area (Å²) in [5.41, 5.74) is 2.02. The van der Waals surface area contributed by atoms with Gasteiger partial charge in [-0.25, -0.2) is 4.39 Å². The lowest BCUT2D eigenvalue weighted by atomic mass is 10.0. The first kappa shape index (κ1) is 22.8. The molecule has 3 aromatic carbocycles. The van der Waals surface area contributed by atoms with E-state index in [4.69, 9.17) is 0 Å². The Hall–Kier alpha value is -3.43. The van der Waals surface area contributed by atoms with Crippen LogP contribution in [0.25, 0.3) is 10.6 Å². The third-order valence-corrected chi connectivity index (χ3v) is 6.17. The van der Waals surface area contributed by atoms with Gasteiger partial charge in [0.1, 0.15) is 16.9 Å². The molecule has 2 amide bonds. The fraction of sp³-hybridized carbons (Fsp3) is 0.0833. The zero-order valence-electron chi connectivity index (χ0n) is 17.2. The largest absolute Gasteiger partial charge is 0.340 e. The summed E-state index contributed by atoms with van der Waals surface area (Å²) < 4.78 is 14.2. The average Bonchev–Trinajstić information content (AvgIpc) is 3.28. The number of hydrogen-bond donors (Lipinski definition) is 2. The molecule has 1 heterocycles. The quantitative estimate of drug-likeness (QED) is 0.352. The molecule has 1 aromatic heterocycles. The molecule has 0 aliphatic carbocycles. The van der Waals surface area contributed by atoms with Gasteiger partial charge in [0.05, 0.1) is 0 Å². The second-order valence-corrected chi connectivity index (χ2v) is 9.02. The highest BCUT2D eigenvalue weighted by Gasteiger charge is 2.23. The van der Waals surface area contributed by atoms with Crippen LogP contribution < -0.4 is 10.6 Å². The molecule has 0 aliphatic rings. The molecule has 0 spiro atoms. The van der Waals surface area contributed by atoms with Gasteiger partial charge in [-0.15, -0.1) is 10.2 Å². The van der Waals surface area contributed by atoms with Gasteiger partial charge in [-0.3, -0.25) is 14.9 Å². The molecule has 0 saturated heterocycles. The molecule has 33 heavy (non-hydrogen) atoms. The molecule has 0 saturated carbocycles. The first-order valence-corrected chi connectivity index (χ1v) is 11.6. The van der Waals surface area contributed by atoms with Crippen molar-refractivity contribution in [3.8, 4) is 10.6 Å². The highest BCUT2D eigenvalue weighted by atomic mass is 79.9. The average molecular weight is 525 g/mol. The summed E-state index contributed by atoms with van der Waals surface area (Å²) in [4.78, 5) is 25.8. The van der Waals surface area contributed by atoms with Crippen molar-refractivity contribution >= 4 is 44.2 Å². The van der Waals surface area contributed by atoms with E-state index in [0.29, 0.717) is 10.1 Å². The summed E-state index contributed by atoms with van der Waals surface area (Å²) in [6.45, 7) is 0. The number of hydrogen-bond acceptors (Lipinski definition) is 5. The fourth-order valence-electron chi connectivity index (χ4n) is 3.08. The Morgan fingerprint density at radius 3 is 2.33 bits per heavy atom. The maximum Gasteiger partial charge on any atom is 0.251 e. The Balaban J connectivity index is 1.50. The minimum atomic E-state index is -0.870. The molecule has 2 N–H and O–H groups in total. The number of benzene rings is 3. The Morgan fingerprint density at radius 2 is 1.64 bits per heavy atom. The topological polar surface area (TPSA) is 84.0 Å². The van der Waals surface area contributed by atoms with Crippen LogP contribution in [0.4, 0.5) is 9.52 Å². The second kappa shape index (κ2) is 10.5. The van der Waals surface area contributed by atoms with Gasteiger partial charge in [0, 0.05) is 22.0 Å². The zero-order valence-corrected chi connectivity index (χ0v) is 19.6. The maximum absolute atomic E-state index is 13.2. The monoisotopic (exact) mass is 524 g/mol. The van der Waals surface area contributed by atoms with Crippen LogP contribution in [0.5, 0.6) is 0 Å². The molecule has 0 aliphatic heterocycles. The van der Waals surface area contributed by atoms with Crippen molar-refractivity contribution in [2.45, 2.75) is 12.5 Å². The first-order chi connectivity index (χ1) is 16.0. The summed E-state index contributed by atoms with van der Waals surface area (Å²) in [7, 11) is 0. The molecular formula is C24H18BrFN4O2S. The van der Waals surface area contributed by atoms with Crippen LogP contribution in [0.15, 0.2) is 83.3 Å². The van der Waals surface area contributed by atoms with Crippen molar-refractivity contribution in [1.29, 1.82) is 0 Å². The Kier molecular flexibility index (Phi) is 7.21. The van der Waals surface area contributed by atoms with Crippen molar-refractivity contribution in [3.05, 3.63) is 100 Å². The van der Waals surface area contributed by atoms with Gasteiger partial charge < -0.3 is 5.32 Å². The predicted molar refractivity (Wildman–Crippen MR) is 129 cm³/mol.